The van der Waals surface area contributed by atoms with E-state index in [1.807, 2.05) is 0 Å². The normalized spacial score (nSPS) is 12.4. The van der Waals surface area contributed by atoms with Crippen LogP contribution < -0.4 is 0 Å². The van der Waals surface area contributed by atoms with Crippen molar-refractivity contribution in [1.82, 2.24) is 4.98 Å². The second-order valence-electron chi connectivity index (χ2n) is 6.83. The molecule has 162 valence electrons. The molecule has 2 aromatic carbocycles. The van der Waals surface area contributed by atoms with Crippen LogP contribution in [0.2, 0.25) is 0 Å². The first-order valence-electron chi connectivity index (χ1n) is 9.47. The van der Waals surface area contributed by atoms with E-state index < -0.39 is 30.0 Å². The van der Waals surface area contributed by atoms with Crippen molar-refractivity contribution in [2.45, 2.75) is 25.3 Å². The molecule has 0 saturated carbocycles. The third-order valence-electron chi connectivity index (χ3n) is 4.62. The van der Waals surface area contributed by atoms with Crippen molar-refractivity contribution in [1.29, 1.82) is 0 Å². The minimum Gasteiger partial charge on any atom is -0.460 e. The molecule has 0 saturated heterocycles. The largest absolute Gasteiger partial charge is 0.460 e. The van der Waals surface area contributed by atoms with E-state index in [4.69, 9.17) is 9.47 Å². The molecule has 3 aromatic rings. The van der Waals surface area contributed by atoms with Gasteiger partial charge in [0.1, 0.15) is 19.1 Å². The molecule has 31 heavy (non-hydrogen) atoms. The van der Waals surface area contributed by atoms with E-state index in [-0.39, 0.29) is 18.8 Å². The van der Waals surface area contributed by atoms with Gasteiger partial charge in [0, 0.05) is 12.4 Å². The molecule has 0 bridgehead atoms. The number of nitrogens with one attached hydrogen (secondary N) is 1. The molecule has 0 radical (unpaired) electrons. The Balaban J connectivity index is 1.84. The first-order valence-corrected chi connectivity index (χ1v) is 9.47. The molecule has 1 N–H and O–H groups in total. The number of aromatic nitrogens is 1. The number of halogens is 3. The van der Waals surface area contributed by atoms with Gasteiger partial charge in [0.2, 0.25) is 0 Å². The minimum atomic E-state index is -4.88. The Kier molecular flexibility index (Phi) is 7.12. The molecule has 0 aliphatic rings. The number of H-pyrrole nitrogens is 1. The maximum Gasteiger partial charge on any atom is 0.397 e. The minimum absolute atomic E-state index is 0.258. The van der Waals surface area contributed by atoms with Crippen LogP contribution in [-0.2, 0) is 32.3 Å². The number of hydrogen-bond donors (Lipinski definition) is 1. The highest BCUT2D eigenvalue weighted by atomic mass is 19.4. The maximum absolute atomic E-state index is 14.0. The van der Waals surface area contributed by atoms with Crippen LogP contribution >= 0.6 is 0 Å². The Labute approximate surface area is 176 Å². The summed E-state index contributed by atoms with van der Waals surface area (Å²) in [6.07, 6.45) is -2.50. The number of aromatic amines is 1. The summed E-state index contributed by atoms with van der Waals surface area (Å²) >= 11 is 0. The Bertz CT molecular complexity index is 918. The smallest absolute Gasteiger partial charge is 0.397 e. The fourth-order valence-electron chi connectivity index (χ4n) is 3.11. The van der Waals surface area contributed by atoms with E-state index in [2.05, 4.69) is 4.98 Å². The van der Waals surface area contributed by atoms with Crippen molar-refractivity contribution in [2.24, 2.45) is 5.92 Å². The second-order valence-corrected chi connectivity index (χ2v) is 6.83. The highest BCUT2D eigenvalue weighted by molar-refractivity contribution is 5.96. The number of carbonyl (C=O) groups excluding carboxylic acids is 2. The quantitative estimate of drug-likeness (QED) is 0.412. The molecule has 0 amide bonds. The Morgan fingerprint density at radius 3 is 1.68 bits per heavy atom. The van der Waals surface area contributed by atoms with E-state index in [1.54, 1.807) is 60.7 Å². The lowest BCUT2D eigenvalue weighted by Crippen LogP contribution is -2.39. The third kappa shape index (κ3) is 5.97. The fourth-order valence-corrected chi connectivity index (χ4v) is 3.11. The van der Waals surface area contributed by atoms with Gasteiger partial charge in [0.25, 0.3) is 0 Å². The lowest BCUT2D eigenvalue weighted by Gasteiger charge is -2.26. The van der Waals surface area contributed by atoms with Crippen molar-refractivity contribution in [3.05, 3.63) is 95.8 Å². The van der Waals surface area contributed by atoms with Gasteiger partial charge in [-0.25, -0.2) is 0 Å². The fraction of sp³-hybridized carbons (Fsp3) is 0.217. The third-order valence-corrected chi connectivity index (χ3v) is 4.62. The van der Waals surface area contributed by atoms with Crippen molar-refractivity contribution < 1.29 is 32.2 Å². The highest BCUT2D eigenvalue weighted by Gasteiger charge is 2.53. The van der Waals surface area contributed by atoms with Gasteiger partial charge in [0.15, 0.2) is 5.92 Å². The monoisotopic (exact) mass is 431 g/mol. The van der Waals surface area contributed by atoms with Gasteiger partial charge < -0.3 is 14.5 Å². The van der Waals surface area contributed by atoms with Crippen LogP contribution in [0.5, 0.6) is 0 Å². The number of benzene rings is 2. The average molecular weight is 431 g/mol. The maximum atomic E-state index is 14.0. The van der Waals surface area contributed by atoms with Gasteiger partial charge in [-0.3, -0.25) is 9.59 Å². The zero-order chi connectivity index (χ0) is 22.3. The van der Waals surface area contributed by atoms with Crippen LogP contribution in [0.15, 0.2) is 79.1 Å². The highest BCUT2D eigenvalue weighted by Crippen LogP contribution is 2.41. The molecule has 0 fully saturated rings. The molecule has 1 aromatic heterocycles. The molecule has 5 nitrogen and oxygen atoms in total. The Hall–Kier alpha value is -3.55. The molecule has 0 spiro atoms. The predicted molar refractivity (Wildman–Crippen MR) is 106 cm³/mol. The van der Waals surface area contributed by atoms with Crippen LogP contribution in [0.25, 0.3) is 0 Å². The van der Waals surface area contributed by atoms with Gasteiger partial charge in [0.05, 0.1) is 0 Å². The summed E-state index contributed by atoms with van der Waals surface area (Å²) < 4.78 is 52.0. The van der Waals surface area contributed by atoms with Crippen LogP contribution in [0.1, 0.15) is 22.6 Å². The van der Waals surface area contributed by atoms with Gasteiger partial charge in [-0.2, -0.15) is 13.2 Å². The summed E-state index contributed by atoms with van der Waals surface area (Å²) in [5.41, 5.74) is 0.903. The first kappa shape index (κ1) is 22.1. The number of alkyl halides is 3. The molecule has 8 heteroatoms. The summed E-state index contributed by atoms with van der Waals surface area (Å²) in [5.74, 6) is -7.22. The number of ether oxygens (including phenoxy) is 2. The first-order chi connectivity index (χ1) is 14.9. The zero-order valence-electron chi connectivity index (χ0n) is 16.3. The lowest BCUT2D eigenvalue weighted by atomic mass is 9.86. The number of hydrogen-bond acceptors (Lipinski definition) is 4. The average Bonchev–Trinajstić information content (AvgIpc) is 3.28. The van der Waals surface area contributed by atoms with Crippen molar-refractivity contribution in [2.75, 3.05) is 0 Å². The predicted octanol–water partition coefficient (Wildman–Crippen LogP) is 4.76. The topological polar surface area (TPSA) is 68.4 Å². The van der Waals surface area contributed by atoms with Crippen molar-refractivity contribution in [3.8, 4) is 0 Å². The van der Waals surface area contributed by atoms with Gasteiger partial charge in [-0.05, 0) is 22.8 Å². The van der Waals surface area contributed by atoms with Gasteiger partial charge >= 0.3 is 18.1 Å². The molecule has 0 aliphatic heterocycles. The van der Waals surface area contributed by atoms with Crippen molar-refractivity contribution in [3.63, 3.8) is 0 Å². The second kappa shape index (κ2) is 9.97. The molecular formula is C23H20F3NO4. The van der Waals surface area contributed by atoms with Crippen LogP contribution in [-0.4, -0.2) is 23.1 Å². The summed E-state index contributed by atoms with van der Waals surface area (Å²) in [6, 6.07) is 18.1. The van der Waals surface area contributed by atoms with Crippen LogP contribution in [0.4, 0.5) is 13.2 Å². The van der Waals surface area contributed by atoms with E-state index in [1.165, 1.54) is 12.3 Å². The van der Waals surface area contributed by atoms with E-state index in [0.29, 0.717) is 11.1 Å². The number of esters is 2. The van der Waals surface area contributed by atoms with E-state index in [0.717, 1.165) is 6.20 Å². The summed E-state index contributed by atoms with van der Waals surface area (Å²) in [4.78, 5) is 28.0. The molecule has 1 atom stereocenters. The van der Waals surface area contributed by atoms with Gasteiger partial charge in [-0.15, -0.1) is 0 Å². The Morgan fingerprint density at radius 2 is 1.29 bits per heavy atom. The summed E-state index contributed by atoms with van der Waals surface area (Å²) in [6.45, 7) is -0.528. The molecular weight excluding hydrogens is 411 g/mol. The standard InChI is InChI=1S/C23H20F3NO4/c24-23(25,26)20(18-11-12-27-13-18)19(21(28)30-14-16-7-3-1-4-8-16)22(29)31-15-17-9-5-2-6-10-17/h1-13,19-20,27H,14-15H2/t20-/m0/s1. The summed E-state index contributed by atoms with van der Waals surface area (Å²) in [7, 11) is 0. The SMILES string of the molecule is O=C(OCc1ccccc1)C(C(=O)OCc1ccccc1)[C@H](c1cc[nH]c1)C(F)(F)F. The molecule has 1 heterocycles. The summed E-state index contributed by atoms with van der Waals surface area (Å²) in [5, 5.41) is 0. The molecule has 3 rings (SSSR count). The number of rotatable bonds is 8. The van der Waals surface area contributed by atoms with E-state index in [9.17, 15) is 22.8 Å². The van der Waals surface area contributed by atoms with Gasteiger partial charge in [-0.1, -0.05) is 60.7 Å². The zero-order valence-corrected chi connectivity index (χ0v) is 16.3. The van der Waals surface area contributed by atoms with Crippen LogP contribution in [0.3, 0.4) is 0 Å². The number of carbonyl (C=O) groups is 2. The van der Waals surface area contributed by atoms with E-state index >= 15 is 0 Å². The lowest BCUT2D eigenvalue weighted by molar-refractivity contribution is -0.190. The Morgan fingerprint density at radius 1 is 0.806 bits per heavy atom. The molecule has 0 aliphatic carbocycles. The molecule has 0 unspecified atom stereocenters. The van der Waals surface area contributed by atoms with Crippen molar-refractivity contribution >= 4 is 11.9 Å². The van der Waals surface area contributed by atoms with Crippen LogP contribution in [0, 0.1) is 5.92 Å².